The lowest BCUT2D eigenvalue weighted by Crippen LogP contribution is -2.63. The summed E-state index contributed by atoms with van der Waals surface area (Å²) >= 11 is 0. The van der Waals surface area contributed by atoms with Crippen LogP contribution in [0, 0.1) is 0 Å². The smallest absolute Gasteiger partial charge is 0.237 e. The number of aromatic nitrogens is 1. The van der Waals surface area contributed by atoms with Crippen LogP contribution in [0.25, 0.3) is 0 Å². The Labute approximate surface area is 150 Å². The van der Waals surface area contributed by atoms with Gasteiger partial charge in [0.05, 0.1) is 12.7 Å². The predicted molar refractivity (Wildman–Crippen MR) is 97.1 cm³/mol. The van der Waals surface area contributed by atoms with Gasteiger partial charge in [0.2, 0.25) is 11.8 Å². The van der Waals surface area contributed by atoms with Crippen LogP contribution < -0.4 is 5.73 Å². The second-order valence-electron chi connectivity index (χ2n) is 8.59. The fourth-order valence-electron chi connectivity index (χ4n) is 4.11. The molecular weight excluding hydrogens is 316 g/mol. The predicted octanol–water partition coefficient (Wildman–Crippen LogP) is 2.28. The van der Waals surface area contributed by atoms with Crippen LogP contribution in [0.15, 0.2) is 10.6 Å². The van der Waals surface area contributed by atoms with Crippen LogP contribution in [0.4, 0.5) is 0 Å². The molecule has 1 aromatic heterocycles. The van der Waals surface area contributed by atoms with Crippen LogP contribution in [0.3, 0.4) is 0 Å². The van der Waals surface area contributed by atoms with Crippen molar-refractivity contribution < 1.29 is 9.21 Å². The summed E-state index contributed by atoms with van der Waals surface area (Å²) < 4.78 is 5.91. The molecule has 1 aliphatic heterocycles. The van der Waals surface area contributed by atoms with E-state index in [0.29, 0.717) is 0 Å². The number of carbonyl (C=O) groups is 1. The Kier molecular flexibility index (Phi) is 5.21. The summed E-state index contributed by atoms with van der Waals surface area (Å²) in [6, 6.07) is 0. The van der Waals surface area contributed by atoms with E-state index < -0.39 is 5.54 Å². The topological polar surface area (TPSA) is 75.6 Å². The Morgan fingerprint density at radius 2 is 1.84 bits per heavy atom. The highest BCUT2D eigenvalue weighted by Crippen LogP contribution is 2.34. The lowest BCUT2D eigenvalue weighted by Gasteiger charge is -2.47. The van der Waals surface area contributed by atoms with E-state index in [9.17, 15) is 4.79 Å². The molecule has 1 saturated heterocycles. The van der Waals surface area contributed by atoms with Crippen molar-refractivity contribution in [1.29, 1.82) is 0 Å². The Morgan fingerprint density at radius 3 is 2.36 bits per heavy atom. The number of oxazole rings is 1. The van der Waals surface area contributed by atoms with Gasteiger partial charge in [-0.05, 0) is 12.8 Å². The van der Waals surface area contributed by atoms with E-state index in [0.717, 1.165) is 70.1 Å². The van der Waals surface area contributed by atoms with Crippen molar-refractivity contribution in [1.82, 2.24) is 14.8 Å². The molecule has 0 spiro atoms. The van der Waals surface area contributed by atoms with Crippen LogP contribution in [-0.4, -0.2) is 52.4 Å². The molecule has 2 fully saturated rings. The van der Waals surface area contributed by atoms with Crippen molar-refractivity contribution in [3.63, 3.8) is 0 Å². The van der Waals surface area contributed by atoms with E-state index in [1.807, 2.05) is 6.20 Å². The molecule has 0 aromatic carbocycles. The number of carbonyl (C=O) groups excluding carboxylic acids is 1. The lowest BCUT2D eigenvalue weighted by atomic mass is 9.79. The van der Waals surface area contributed by atoms with E-state index in [1.54, 1.807) is 0 Å². The molecule has 1 aliphatic carbocycles. The largest absolute Gasteiger partial charge is 0.444 e. The van der Waals surface area contributed by atoms with Crippen molar-refractivity contribution in [2.24, 2.45) is 5.73 Å². The number of nitrogens with zero attached hydrogens (tertiary/aromatic N) is 3. The molecule has 1 amide bonds. The SMILES string of the molecule is CC(C)(C)c1cnc(CN2CCN(C3(C(N)=O)CCCCC3)CC2)o1. The summed E-state index contributed by atoms with van der Waals surface area (Å²) in [6.07, 6.45) is 7.10. The average Bonchev–Trinajstić information content (AvgIpc) is 3.05. The standard InChI is InChI=1S/C19H32N4O2/c1-18(2,3)15-13-21-16(25-15)14-22-9-11-23(12-10-22)19(17(20)24)7-5-4-6-8-19/h13H,4-12,14H2,1-3H3,(H2,20,24). The second-order valence-corrected chi connectivity index (χ2v) is 8.59. The van der Waals surface area contributed by atoms with E-state index in [-0.39, 0.29) is 11.3 Å². The molecule has 25 heavy (non-hydrogen) atoms. The monoisotopic (exact) mass is 348 g/mol. The van der Waals surface area contributed by atoms with Gasteiger partial charge in [0.1, 0.15) is 11.3 Å². The van der Waals surface area contributed by atoms with Gasteiger partial charge < -0.3 is 10.2 Å². The first-order valence-corrected chi connectivity index (χ1v) is 9.54. The molecule has 6 heteroatoms. The zero-order valence-corrected chi connectivity index (χ0v) is 15.9. The zero-order chi connectivity index (χ0) is 18.1. The van der Waals surface area contributed by atoms with E-state index in [4.69, 9.17) is 10.2 Å². The number of primary amides is 1. The van der Waals surface area contributed by atoms with Gasteiger partial charge in [-0.2, -0.15) is 0 Å². The summed E-state index contributed by atoms with van der Waals surface area (Å²) in [4.78, 5) is 21.3. The zero-order valence-electron chi connectivity index (χ0n) is 15.9. The summed E-state index contributed by atoms with van der Waals surface area (Å²) in [5, 5.41) is 0. The van der Waals surface area contributed by atoms with Crippen molar-refractivity contribution in [3.05, 3.63) is 17.8 Å². The first-order valence-electron chi connectivity index (χ1n) is 9.54. The van der Waals surface area contributed by atoms with Gasteiger partial charge in [-0.15, -0.1) is 0 Å². The number of amides is 1. The number of rotatable bonds is 4. The maximum Gasteiger partial charge on any atom is 0.237 e. The van der Waals surface area contributed by atoms with Crippen LogP contribution in [0.1, 0.15) is 64.5 Å². The quantitative estimate of drug-likeness (QED) is 0.903. The number of hydrogen-bond acceptors (Lipinski definition) is 5. The van der Waals surface area contributed by atoms with Gasteiger partial charge in [0, 0.05) is 31.6 Å². The highest BCUT2D eigenvalue weighted by atomic mass is 16.4. The average molecular weight is 348 g/mol. The normalized spacial score (nSPS) is 22.8. The van der Waals surface area contributed by atoms with Gasteiger partial charge in [-0.3, -0.25) is 14.6 Å². The first-order chi connectivity index (χ1) is 11.8. The highest BCUT2D eigenvalue weighted by molar-refractivity contribution is 5.84. The highest BCUT2D eigenvalue weighted by Gasteiger charge is 2.44. The van der Waals surface area contributed by atoms with E-state index in [1.165, 1.54) is 6.42 Å². The first kappa shape index (κ1) is 18.4. The van der Waals surface area contributed by atoms with E-state index >= 15 is 0 Å². The third kappa shape index (κ3) is 3.90. The Bertz CT molecular complexity index is 591. The molecule has 0 unspecified atom stereocenters. The minimum absolute atomic E-state index is 0.0151. The number of piperazine rings is 1. The molecule has 0 atom stereocenters. The minimum atomic E-state index is -0.410. The van der Waals surface area contributed by atoms with Crippen molar-refractivity contribution >= 4 is 5.91 Å². The third-order valence-electron chi connectivity index (χ3n) is 5.77. The van der Waals surface area contributed by atoms with Crippen molar-refractivity contribution in [2.45, 2.75) is 70.4 Å². The number of hydrogen-bond donors (Lipinski definition) is 1. The van der Waals surface area contributed by atoms with E-state index in [2.05, 4.69) is 35.6 Å². The summed E-state index contributed by atoms with van der Waals surface area (Å²) in [5.74, 6) is 1.57. The molecule has 2 aliphatic rings. The third-order valence-corrected chi connectivity index (χ3v) is 5.77. The van der Waals surface area contributed by atoms with Crippen LogP contribution in [0.2, 0.25) is 0 Å². The van der Waals surface area contributed by atoms with Crippen LogP contribution in [-0.2, 0) is 16.8 Å². The molecule has 140 valence electrons. The summed E-state index contributed by atoms with van der Waals surface area (Å²) in [7, 11) is 0. The van der Waals surface area contributed by atoms with Gasteiger partial charge in [0.15, 0.2) is 0 Å². The summed E-state index contributed by atoms with van der Waals surface area (Å²) in [6.45, 7) is 10.7. The molecule has 0 bridgehead atoms. The molecule has 1 aromatic rings. The molecule has 2 N–H and O–H groups in total. The van der Waals surface area contributed by atoms with Crippen molar-refractivity contribution in [3.8, 4) is 0 Å². The van der Waals surface area contributed by atoms with Gasteiger partial charge >= 0.3 is 0 Å². The maximum absolute atomic E-state index is 12.2. The molecule has 1 saturated carbocycles. The molecule has 2 heterocycles. The molecule has 6 nitrogen and oxygen atoms in total. The van der Waals surface area contributed by atoms with Gasteiger partial charge in [-0.1, -0.05) is 40.0 Å². The Hall–Kier alpha value is -1.40. The fourth-order valence-corrected chi connectivity index (χ4v) is 4.11. The minimum Gasteiger partial charge on any atom is -0.444 e. The molecule has 3 rings (SSSR count). The molecular formula is C19H32N4O2. The lowest BCUT2D eigenvalue weighted by molar-refractivity contribution is -0.134. The van der Waals surface area contributed by atoms with Gasteiger partial charge in [0.25, 0.3) is 0 Å². The second kappa shape index (κ2) is 7.08. The molecule has 0 radical (unpaired) electrons. The Balaban J connectivity index is 1.58. The van der Waals surface area contributed by atoms with Gasteiger partial charge in [-0.25, -0.2) is 4.98 Å². The van der Waals surface area contributed by atoms with Crippen molar-refractivity contribution in [2.75, 3.05) is 26.2 Å². The number of nitrogens with two attached hydrogens (primary N) is 1. The summed E-state index contributed by atoms with van der Waals surface area (Å²) in [5.41, 5.74) is 5.39. The maximum atomic E-state index is 12.2. The van der Waals surface area contributed by atoms with Crippen LogP contribution in [0.5, 0.6) is 0 Å². The fraction of sp³-hybridized carbons (Fsp3) is 0.789. The van der Waals surface area contributed by atoms with Crippen LogP contribution >= 0.6 is 0 Å². The Morgan fingerprint density at radius 1 is 1.20 bits per heavy atom.